The van der Waals surface area contributed by atoms with Crippen LogP contribution in [-0.4, -0.2) is 5.11 Å². The summed E-state index contributed by atoms with van der Waals surface area (Å²) in [5, 5.41) is 17.6. The van der Waals surface area contributed by atoms with E-state index in [9.17, 15) is 9.50 Å². The number of hydrogen-bond acceptors (Lipinski definition) is 3. The first-order valence-electron chi connectivity index (χ1n) is 3.76. The van der Waals surface area contributed by atoms with E-state index >= 15 is 0 Å². The maximum Gasteiger partial charge on any atom is 0.123 e. The molecule has 1 atom stereocenters. The average molecular weight is 180 g/mol. The molecule has 0 aliphatic carbocycles. The number of nitrogens with zero attached hydrogens (tertiary/aromatic N) is 1. The van der Waals surface area contributed by atoms with E-state index in [0.29, 0.717) is 0 Å². The maximum atomic E-state index is 12.7. The van der Waals surface area contributed by atoms with Gasteiger partial charge >= 0.3 is 0 Å². The average Bonchev–Trinajstić information content (AvgIpc) is 2.09. The highest BCUT2D eigenvalue weighted by Gasteiger charge is 2.10. The van der Waals surface area contributed by atoms with Crippen LogP contribution in [0.5, 0.6) is 5.75 Å². The third kappa shape index (κ3) is 2.17. The topological polar surface area (TPSA) is 70.0 Å². The molecule has 0 saturated carbocycles. The van der Waals surface area contributed by atoms with Crippen molar-refractivity contribution in [2.75, 3.05) is 0 Å². The van der Waals surface area contributed by atoms with Gasteiger partial charge in [-0.15, -0.1) is 0 Å². The molecule has 68 valence electrons. The molecule has 3 N–H and O–H groups in total. The lowest BCUT2D eigenvalue weighted by molar-refractivity contribution is 0.459. The molecule has 0 radical (unpaired) electrons. The summed E-state index contributed by atoms with van der Waals surface area (Å²) < 4.78 is 12.7. The zero-order chi connectivity index (χ0) is 9.84. The summed E-state index contributed by atoms with van der Waals surface area (Å²) in [6.45, 7) is 0. The van der Waals surface area contributed by atoms with Crippen molar-refractivity contribution in [2.45, 2.75) is 12.5 Å². The van der Waals surface area contributed by atoms with Crippen molar-refractivity contribution in [3.05, 3.63) is 29.6 Å². The van der Waals surface area contributed by atoms with E-state index in [-0.39, 0.29) is 17.7 Å². The van der Waals surface area contributed by atoms with Crippen molar-refractivity contribution >= 4 is 0 Å². The number of nitrogens with two attached hydrogens (primary N) is 1. The predicted molar refractivity (Wildman–Crippen MR) is 45.2 cm³/mol. The number of aromatic hydroxyl groups is 1. The predicted octanol–water partition coefficient (Wildman–Crippen LogP) is 1.44. The Labute approximate surface area is 75.2 Å². The molecule has 0 spiro atoms. The van der Waals surface area contributed by atoms with Gasteiger partial charge in [-0.25, -0.2) is 4.39 Å². The number of halogens is 1. The molecular weight excluding hydrogens is 171 g/mol. The summed E-state index contributed by atoms with van der Waals surface area (Å²) in [4.78, 5) is 0. The molecule has 0 aliphatic heterocycles. The van der Waals surface area contributed by atoms with Crippen molar-refractivity contribution in [2.24, 2.45) is 5.73 Å². The summed E-state index contributed by atoms with van der Waals surface area (Å²) in [6, 6.07) is 4.71. The minimum absolute atomic E-state index is 0.0526. The lowest BCUT2D eigenvalue weighted by atomic mass is 10.0. The molecule has 1 rings (SSSR count). The lowest BCUT2D eigenvalue weighted by Crippen LogP contribution is -2.09. The fourth-order valence-corrected chi connectivity index (χ4v) is 1.03. The largest absolute Gasteiger partial charge is 0.508 e. The summed E-state index contributed by atoms with van der Waals surface area (Å²) in [5.74, 6) is -0.551. The molecule has 0 amide bonds. The van der Waals surface area contributed by atoms with Gasteiger partial charge in [-0.05, 0) is 18.2 Å². The second kappa shape index (κ2) is 3.87. The van der Waals surface area contributed by atoms with E-state index in [1.807, 2.05) is 6.07 Å². The zero-order valence-electron chi connectivity index (χ0n) is 6.87. The van der Waals surface area contributed by atoms with E-state index in [4.69, 9.17) is 11.0 Å². The summed E-state index contributed by atoms with van der Waals surface area (Å²) in [6.07, 6.45) is 0.0526. The Bertz CT molecular complexity index is 346. The Kier molecular flexibility index (Phi) is 2.83. The standard InChI is InChI=1S/C9H9FN2O/c10-6-1-2-9(13)7(5-6)8(12)3-4-11/h1-2,5,8,13H,3,12H2/t8-/m1/s1. The van der Waals surface area contributed by atoms with Crippen LogP contribution >= 0.6 is 0 Å². The molecule has 3 nitrogen and oxygen atoms in total. The van der Waals surface area contributed by atoms with E-state index in [0.717, 1.165) is 12.1 Å². The second-order valence-corrected chi connectivity index (χ2v) is 2.67. The quantitative estimate of drug-likeness (QED) is 0.723. The van der Waals surface area contributed by atoms with Crippen molar-refractivity contribution in [3.8, 4) is 11.8 Å². The SMILES string of the molecule is N#CC[C@@H](N)c1cc(F)ccc1O. The zero-order valence-corrected chi connectivity index (χ0v) is 6.87. The van der Waals surface area contributed by atoms with Gasteiger partial charge in [0.05, 0.1) is 12.5 Å². The molecule has 13 heavy (non-hydrogen) atoms. The first-order valence-corrected chi connectivity index (χ1v) is 3.76. The molecule has 0 aliphatic rings. The van der Waals surface area contributed by atoms with E-state index in [2.05, 4.69) is 0 Å². The molecular formula is C9H9FN2O. The summed E-state index contributed by atoms with van der Waals surface area (Å²) in [5.41, 5.74) is 5.79. The number of rotatable bonds is 2. The van der Waals surface area contributed by atoms with Crippen LogP contribution in [0.1, 0.15) is 18.0 Å². The van der Waals surface area contributed by atoms with Gasteiger partial charge < -0.3 is 10.8 Å². The normalized spacial score (nSPS) is 12.1. The lowest BCUT2D eigenvalue weighted by Gasteiger charge is -2.09. The van der Waals surface area contributed by atoms with Crippen LogP contribution in [0.25, 0.3) is 0 Å². The van der Waals surface area contributed by atoms with Gasteiger partial charge in [0, 0.05) is 11.6 Å². The minimum atomic E-state index is -0.638. The van der Waals surface area contributed by atoms with Gasteiger partial charge in [-0.2, -0.15) is 5.26 Å². The van der Waals surface area contributed by atoms with Crippen molar-refractivity contribution < 1.29 is 9.50 Å². The molecule has 0 saturated heterocycles. The van der Waals surface area contributed by atoms with Crippen LogP contribution in [0.4, 0.5) is 4.39 Å². The van der Waals surface area contributed by atoms with Crippen molar-refractivity contribution in [1.82, 2.24) is 0 Å². The number of nitriles is 1. The highest BCUT2D eigenvalue weighted by atomic mass is 19.1. The second-order valence-electron chi connectivity index (χ2n) is 2.67. The molecule has 0 heterocycles. The van der Waals surface area contributed by atoms with Crippen LogP contribution in [0.3, 0.4) is 0 Å². The maximum absolute atomic E-state index is 12.7. The molecule has 0 bridgehead atoms. The van der Waals surface area contributed by atoms with Crippen molar-refractivity contribution in [1.29, 1.82) is 5.26 Å². The number of benzene rings is 1. The van der Waals surface area contributed by atoms with Gasteiger partial charge in [0.25, 0.3) is 0 Å². The molecule has 0 fully saturated rings. The monoisotopic (exact) mass is 180 g/mol. The molecule has 1 aromatic rings. The van der Waals surface area contributed by atoms with Gasteiger partial charge in [0.1, 0.15) is 11.6 Å². The molecule has 0 aromatic heterocycles. The molecule has 1 aromatic carbocycles. The van der Waals surface area contributed by atoms with Crippen LogP contribution in [0.15, 0.2) is 18.2 Å². The Morgan fingerprint density at radius 3 is 2.92 bits per heavy atom. The summed E-state index contributed by atoms with van der Waals surface area (Å²) >= 11 is 0. The molecule has 4 heteroatoms. The Morgan fingerprint density at radius 1 is 1.62 bits per heavy atom. The summed E-state index contributed by atoms with van der Waals surface area (Å²) in [7, 11) is 0. The van der Waals surface area contributed by atoms with Crippen LogP contribution in [0, 0.1) is 17.1 Å². The van der Waals surface area contributed by atoms with Crippen LogP contribution in [0.2, 0.25) is 0 Å². The third-order valence-corrected chi connectivity index (χ3v) is 1.70. The van der Waals surface area contributed by atoms with E-state index in [1.54, 1.807) is 0 Å². The Balaban J connectivity index is 3.00. The fraction of sp³-hybridized carbons (Fsp3) is 0.222. The molecule has 0 unspecified atom stereocenters. The number of phenolic OH excluding ortho intramolecular Hbond substituents is 1. The Morgan fingerprint density at radius 2 is 2.31 bits per heavy atom. The van der Waals surface area contributed by atoms with E-state index < -0.39 is 11.9 Å². The third-order valence-electron chi connectivity index (χ3n) is 1.70. The van der Waals surface area contributed by atoms with E-state index in [1.165, 1.54) is 6.07 Å². The van der Waals surface area contributed by atoms with Gasteiger partial charge in [-0.3, -0.25) is 0 Å². The minimum Gasteiger partial charge on any atom is -0.508 e. The van der Waals surface area contributed by atoms with Gasteiger partial charge in [-0.1, -0.05) is 0 Å². The first kappa shape index (κ1) is 9.49. The van der Waals surface area contributed by atoms with Crippen LogP contribution in [-0.2, 0) is 0 Å². The number of hydrogen-bond donors (Lipinski definition) is 2. The Hall–Kier alpha value is -1.60. The van der Waals surface area contributed by atoms with Crippen molar-refractivity contribution in [3.63, 3.8) is 0 Å². The first-order chi connectivity index (χ1) is 6.15. The smallest absolute Gasteiger partial charge is 0.123 e. The van der Waals surface area contributed by atoms with Gasteiger partial charge in [0.2, 0.25) is 0 Å². The van der Waals surface area contributed by atoms with Gasteiger partial charge in [0.15, 0.2) is 0 Å². The highest BCUT2D eigenvalue weighted by Crippen LogP contribution is 2.24. The van der Waals surface area contributed by atoms with Crippen LogP contribution < -0.4 is 5.73 Å². The number of phenols is 1. The highest BCUT2D eigenvalue weighted by molar-refractivity contribution is 5.35. The fourth-order valence-electron chi connectivity index (χ4n) is 1.03.